The normalized spacial score (nSPS) is 28.1. The quantitative estimate of drug-likeness (QED) is 0.793. The van der Waals surface area contributed by atoms with Gasteiger partial charge in [-0.05, 0) is 55.7 Å². The van der Waals surface area contributed by atoms with Gasteiger partial charge in [-0.2, -0.15) is 11.8 Å². The van der Waals surface area contributed by atoms with Crippen LogP contribution in [0.3, 0.4) is 0 Å². The van der Waals surface area contributed by atoms with Crippen LogP contribution in [-0.2, 0) is 0 Å². The lowest BCUT2D eigenvalue weighted by Crippen LogP contribution is -2.32. The van der Waals surface area contributed by atoms with Gasteiger partial charge in [0.2, 0.25) is 0 Å². The van der Waals surface area contributed by atoms with Crippen molar-refractivity contribution in [2.45, 2.75) is 58.6 Å². The Kier molecular flexibility index (Phi) is 6.36. The first-order valence-electron chi connectivity index (χ1n) is 7.17. The highest BCUT2D eigenvalue weighted by Gasteiger charge is 2.29. The summed E-state index contributed by atoms with van der Waals surface area (Å²) in [6, 6.07) is 0. The van der Waals surface area contributed by atoms with Crippen LogP contribution in [0, 0.1) is 17.3 Å². The van der Waals surface area contributed by atoms with E-state index in [1.165, 1.54) is 38.8 Å². The van der Waals surface area contributed by atoms with E-state index in [4.69, 9.17) is 0 Å². The SMILES string of the molecule is CSC(C)CNCC1CCC(C(C)(C)C)CC1. The highest BCUT2D eigenvalue weighted by atomic mass is 32.2. The van der Waals surface area contributed by atoms with Crippen LogP contribution in [0.4, 0.5) is 0 Å². The zero-order valence-corrected chi connectivity index (χ0v) is 13.2. The van der Waals surface area contributed by atoms with Gasteiger partial charge in [0.25, 0.3) is 0 Å². The van der Waals surface area contributed by atoms with E-state index >= 15 is 0 Å². The molecule has 1 aliphatic carbocycles. The molecule has 0 amide bonds. The van der Waals surface area contributed by atoms with Crippen LogP contribution in [0.5, 0.6) is 0 Å². The molecule has 0 aromatic heterocycles. The van der Waals surface area contributed by atoms with Crippen LogP contribution in [0.15, 0.2) is 0 Å². The molecule has 1 nitrogen and oxygen atoms in total. The summed E-state index contributed by atoms with van der Waals surface area (Å²) in [5.41, 5.74) is 0.520. The van der Waals surface area contributed by atoms with Crippen LogP contribution in [0.2, 0.25) is 0 Å². The van der Waals surface area contributed by atoms with Crippen LogP contribution < -0.4 is 5.32 Å². The fraction of sp³-hybridized carbons (Fsp3) is 1.00. The average Bonchev–Trinajstić information content (AvgIpc) is 2.28. The van der Waals surface area contributed by atoms with Crippen molar-refractivity contribution < 1.29 is 0 Å². The highest BCUT2D eigenvalue weighted by molar-refractivity contribution is 7.99. The first kappa shape index (κ1) is 15.4. The molecule has 1 rings (SSSR count). The lowest BCUT2D eigenvalue weighted by molar-refractivity contribution is 0.149. The Morgan fingerprint density at radius 3 is 2.24 bits per heavy atom. The molecule has 0 aromatic carbocycles. The Balaban J connectivity index is 2.15. The summed E-state index contributed by atoms with van der Waals surface area (Å²) < 4.78 is 0. The summed E-state index contributed by atoms with van der Waals surface area (Å²) in [6.45, 7) is 11.9. The van der Waals surface area contributed by atoms with E-state index in [0.29, 0.717) is 5.41 Å². The van der Waals surface area contributed by atoms with Gasteiger partial charge in [-0.3, -0.25) is 0 Å². The minimum atomic E-state index is 0.520. The van der Waals surface area contributed by atoms with Crippen molar-refractivity contribution in [3.05, 3.63) is 0 Å². The zero-order valence-electron chi connectivity index (χ0n) is 12.4. The van der Waals surface area contributed by atoms with E-state index in [2.05, 4.69) is 39.3 Å². The van der Waals surface area contributed by atoms with E-state index in [0.717, 1.165) is 17.1 Å². The fourth-order valence-electron chi connectivity index (χ4n) is 2.81. The Labute approximate surface area is 113 Å². The van der Waals surface area contributed by atoms with Gasteiger partial charge < -0.3 is 5.32 Å². The van der Waals surface area contributed by atoms with Crippen molar-refractivity contribution >= 4 is 11.8 Å². The third kappa shape index (κ3) is 5.65. The first-order chi connectivity index (χ1) is 7.93. The number of hydrogen-bond donors (Lipinski definition) is 1. The second-order valence-electron chi connectivity index (χ2n) is 6.79. The molecule has 102 valence electrons. The minimum Gasteiger partial charge on any atom is -0.315 e. The van der Waals surface area contributed by atoms with Gasteiger partial charge in [-0.25, -0.2) is 0 Å². The number of hydrogen-bond acceptors (Lipinski definition) is 2. The summed E-state index contributed by atoms with van der Waals surface area (Å²) in [6.07, 6.45) is 7.94. The van der Waals surface area contributed by atoms with E-state index < -0.39 is 0 Å². The molecule has 0 heterocycles. The molecule has 1 fully saturated rings. The van der Waals surface area contributed by atoms with Gasteiger partial charge in [0.05, 0.1) is 0 Å². The third-order valence-electron chi connectivity index (χ3n) is 4.34. The van der Waals surface area contributed by atoms with Crippen molar-refractivity contribution in [2.24, 2.45) is 17.3 Å². The van der Waals surface area contributed by atoms with Gasteiger partial charge in [0.1, 0.15) is 0 Å². The van der Waals surface area contributed by atoms with Crippen molar-refractivity contribution in [1.82, 2.24) is 5.32 Å². The molecular weight excluding hydrogens is 226 g/mol. The Bertz CT molecular complexity index is 201. The van der Waals surface area contributed by atoms with Crippen LogP contribution >= 0.6 is 11.8 Å². The van der Waals surface area contributed by atoms with Crippen molar-refractivity contribution in [2.75, 3.05) is 19.3 Å². The monoisotopic (exact) mass is 257 g/mol. The Hall–Kier alpha value is 0.310. The fourth-order valence-corrected chi connectivity index (χ4v) is 3.09. The van der Waals surface area contributed by atoms with E-state index in [9.17, 15) is 0 Å². The van der Waals surface area contributed by atoms with E-state index in [-0.39, 0.29) is 0 Å². The molecular formula is C15H31NS. The van der Waals surface area contributed by atoms with Gasteiger partial charge in [0.15, 0.2) is 0 Å². The summed E-state index contributed by atoms with van der Waals surface area (Å²) in [5.74, 6) is 1.88. The van der Waals surface area contributed by atoms with Crippen molar-refractivity contribution in [3.63, 3.8) is 0 Å². The molecule has 1 unspecified atom stereocenters. The maximum atomic E-state index is 3.64. The predicted molar refractivity (Wildman–Crippen MR) is 80.7 cm³/mol. The first-order valence-corrected chi connectivity index (χ1v) is 8.45. The molecule has 0 radical (unpaired) electrons. The predicted octanol–water partition coefficient (Wildman–Crippen LogP) is 4.18. The minimum absolute atomic E-state index is 0.520. The van der Waals surface area contributed by atoms with Crippen LogP contribution in [0.25, 0.3) is 0 Å². The van der Waals surface area contributed by atoms with Gasteiger partial charge >= 0.3 is 0 Å². The second kappa shape index (κ2) is 7.04. The van der Waals surface area contributed by atoms with Crippen molar-refractivity contribution in [1.29, 1.82) is 0 Å². The molecule has 0 bridgehead atoms. The summed E-state index contributed by atoms with van der Waals surface area (Å²) >= 11 is 1.95. The maximum Gasteiger partial charge on any atom is 0.0141 e. The third-order valence-corrected chi connectivity index (χ3v) is 5.31. The number of nitrogens with one attached hydrogen (secondary N) is 1. The molecule has 2 heteroatoms. The molecule has 17 heavy (non-hydrogen) atoms. The zero-order chi connectivity index (χ0) is 12.9. The van der Waals surface area contributed by atoms with Crippen LogP contribution in [0.1, 0.15) is 53.4 Å². The van der Waals surface area contributed by atoms with Gasteiger partial charge in [-0.1, -0.05) is 27.7 Å². The molecule has 0 aliphatic heterocycles. The second-order valence-corrected chi connectivity index (χ2v) is 8.06. The van der Waals surface area contributed by atoms with Gasteiger partial charge in [-0.15, -0.1) is 0 Å². The largest absolute Gasteiger partial charge is 0.315 e. The lowest BCUT2D eigenvalue weighted by Gasteiger charge is -2.37. The van der Waals surface area contributed by atoms with Crippen molar-refractivity contribution in [3.8, 4) is 0 Å². The Morgan fingerprint density at radius 1 is 1.18 bits per heavy atom. The number of thioether (sulfide) groups is 1. The molecule has 0 spiro atoms. The summed E-state index contributed by atoms with van der Waals surface area (Å²) in [5, 5.41) is 4.39. The maximum absolute atomic E-state index is 3.64. The highest BCUT2D eigenvalue weighted by Crippen LogP contribution is 2.39. The standard InChI is InChI=1S/C15H31NS/c1-12(17-5)10-16-11-13-6-8-14(9-7-13)15(2,3)4/h12-14,16H,6-11H2,1-5H3. The average molecular weight is 257 g/mol. The topological polar surface area (TPSA) is 12.0 Å². The van der Waals surface area contributed by atoms with E-state index in [1.54, 1.807) is 0 Å². The molecule has 1 atom stereocenters. The molecule has 1 aliphatic rings. The van der Waals surface area contributed by atoms with Crippen LogP contribution in [-0.4, -0.2) is 24.6 Å². The number of rotatable bonds is 5. The van der Waals surface area contributed by atoms with E-state index in [1.807, 2.05) is 11.8 Å². The molecule has 0 saturated heterocycles. The summed E-state index contributed by atoms with van der Waals surface area (Å²) in [4.78, 5) is 0. The molecule has 1 saturated carbocycles. The lowest BCUT2D eigenvalue weighted by atomic mass is 9.70. The molecule has 1 N–H and O–H groups in total. The smallest absolute Gasteiger partial charge is 0.0141 e. The molecule has 0 aromatic rings. The Morgan fingerprint density at radius 2 is 1.76 bits per heavy atom. The van der Waals surface area contributed by atoms with Gasteiger partial charge in [0, 0.05) is 11.8 Å². The summed E-state index contributed by atoms with van der Waals surface area (Å²) in [7, 11) is 0.